The molecule has 0 radical (unpaired) electrons. The van der Waals surface area contributed by atoms with Crippen LogP contribution in [-0.4, -0.2) is 33.5 Å². The minimum absolute atomic E-state index is 0.0938. The molecular weight excluding hydrogens is 396 g/mol. The molecule has 0 amide bonds. The van der Waals surface area contributed by atoms with Crippen molar-refractivity contribution in [3.8, 4) is 5.75 Å². The van der Waals surface area contributed by atoms with Crippen LogP contribution in [0.5, 0.6) is 5.75 Å². The monoisotopic (exact) mass is 434 g/mol. The number of fused-ring (bicyclic) bond motifs is 4. The van der Waals surface area contributed by atoms with Crippen molar-refractivity contribution in [2.24, 2.45) is 17.3 Å². The van der Waals surface area contributed by atoms with Gasteiger partial charge in [0.15, 0.2) is 0 Å². The molecule has 172 valence electrons. The van der Waals surface area contributed by atoms with Crippen LogP contribution in [0, 0.1) is 17.3 Å². The summed E-state index contributed by atoms with van der Waals surface area (Å²) < 4.78 is 17.6. The third-order valence-corrected chi connectivity index (χ3v) is 9.43. The van der Waals surface area contributed by atoms with Crippen molar-refractivity contribution in [1.82, 2.24) is 0 Å². The van der Waals surface area contributed by atoms with E-state index < -0.39 is 0 Å². The first kappa shape index (κ1) is 22.0. The maximum Gasteiger partial charge on any atom is 0.118 e. The minimum atomic E-state index is -0.204. The van der Waals surface area contributed by atoms with Crippen LogP contribution in [0.25, 0.3) is 0 Å². The van der Waals surface area contributed by atoms with E-state index in [2.05, 4.69) is 43.8 Å². The second-order valence-corrected chi connectivity index (χ2v) is 10.6. The van der Waals surface area contributed by atoms with E-state index in [4.69, 9.17) is 14.2 Å². The molecule has 3 heteroatoms. The lowest BCUT2D eigenvalue weighted by atomic mass is 9.51. The van der Waals surface area contributed by atoms with Crippen molar-refractivity contribution in [2.75, 3.05) is 27.9 Å². The smallest absolute Gasteiger partial charge is 0.118 e. The molecule has 0 aromatic heterocycles. The molecule has 0 saturated heterocycles. The van der Waals surface area contributed by atoms with E-state index in [9.17, 15) is 0 Å². The Bertz CT molecular complexity index is 955. The Morgan fingerprint density at radius 1 is 1.03 bits per heavy atom. The van der Waals surface area contributed by atoms with Crippen LogP contribution in [0.3, 0.4) is 0 Å². The predicted octanol–water partition coefficient (Wildman–Crippen LogP) is 6.61. The average molecular weight is 435 g/mol. The molecule has 0 heterocycles. The minimum Gasteiger partial charge on any atom is -0.497 e. The Balaban J connectivity index is 1.66. The highest BCUT2D eigenvalue weighted by atomic mass is 16.5. The average Bonchev–Trinajstić information content (AvgIpc) is 3.10. The molecule has 32 heavy (non-hydrogen) atoms. The zero-order valence-electron chi connectivity index (χ0n) is 20.2. The summed E-state index contributed by atoms with van der Waals surface area (Å²) in [5, 5.41) is 0. The molecule has 0 bridgehead atoms. The maximum absolute atomic E-state index is 6.35. The van der Waals surface area contributed by atoms with E-state index in [1.165, 1.54) is 30.4 Å². The van der Waals surface area contributed by atoms with E-state index in [1.54, 1.807) is 23.8 Å². The molecule has 3 nitrogen and oxygen atoms in total. The first-order valence-electron chi connectivity index (χ1n) is 12.3. The standard InChI is InChI=1S/C29H38O3/c1-19-6-12-23-21(16-19)9-13-24-26-14-15-29(32-5,18-30-3)28(26,2)17-25(27(23)24)20-7-10-22(31-4)11-8-20/h7-8,10-11,16,24-26H,1,6,9,12-15,17-18H2,2-5H3/t24?,25?,26?,28?,29-/m1/s1. The van der Waals surface area contributed by atoms with Gasteiger partial charge < -0.3 is 14.2 Å². The first-order chi connectivity index (χ1) is 15.5. The van der Waals surface area contributed by atoms with Crippen LogP contribution in [0.1, 0.15) is 63.4 Å². The number of methoxy groups -OCH3 is 3. The summed E-state index contributed by atoms with van der Waals surface area (Å²) in [4.78, 5) is 0. The zero-order chi connectivity index (χ0) is 22.5. The third-order valence-electron chi connectivity index (χ3n) is 9.43. The van der Waals surface area contributed by atoms with Crippen molar-refractivity contribution >= 4 is 0 Å². The van der Waals surface area contributed by atoms with Gasteiger partial charge in [0.05, 0.1) is 19.3 Å². The molecule has 1 aromatic rings. The van der Waals surface area contributed by atoms with Crippen LogP contribution in [0.15, 0.2) is 59.2 Å². The normalized spacial score (nSPS) is 36.3. The Morgan fingerprint density at radius 3 is 2.50 bits per heavy atom. The van der Waals surface area contributed by atoms with E-state index in [0.29, 0.717) is 24.4 Å². The molecule has 5 rings (SSSR count). The Hall–Kier alpha value is -1.84. The van der Waals surface area contributed by atoms with Gasteiger partial charge in [-0.25, -0.2) is 0 Å². The van der Waals surface area contributed by atoms with Gasteiger partial charge in [0.2, 0.25) is 0 Å². The lowest BCUT2D eigenvalue weighted by molar-refractivity contribution is -0.149. The summed E-state index contributed by atoms with van der Waals surface area (Å²) in [5.41, 5.74) is 7.54. The summed E-state index contributed by atoms with van der Waals surface area (Å²) in [6.45, 7) is 7.45. The maximum atomic E-state index is 6.35. The molecule has 0 aliphatic heterocycles. The molecule has 0 spiro atoms. The van der Waals surface area contributed by atoms with Crippen molar-refractivity contribution in [2.45, 2.75) is 63.4 Å². The van der Waals surface area contributed by atoms with Crippen molar-refractivity contribution < 1.29 is 14.2 Å². The summed E-state index contributed by atoms with van der Waals surface area (Å²) in [7, 11) is 5.46. The van der Waals surface area contributed by atoms with E-state index in [1.807, 2.05) is 14.2 Å². The van der Waals surface area contributed by atoms with Crippen molar-refractivity contribution in [3.05, 3.63) is 64.8 Å². The molecule has 4 aliphatic rings. The van der Waals surface area contributed by atoms with Gasteiger partial charge in [-0.2, -0.15) is 0 Å². The first-order valence-corrected chi connectivity index (χ1v) is 12.3. The number of ether oxygens (including phenoxy) is 3. The fourth-order valence-corrected chi connectivity index (χ4v) is 7.83. The quantitative estimate of drug-likeness (QED) is 0.522. The van der Waals surface area contributed by atoms with Gasteiger partial charge in [-0.15, -0.1) is 0 Å². The van der Waals surface area contributed by atoms with E-state index in [-0.39, 0.29) is 11.0 Å². The van der Waals surface area contributed by atoms with Gasteiger partial charge in [0, 0.05) is 25.6 Å². The lowest BCUT2D eigenvalue weighted by Gasteiger charge is -2.55. The summed E-state index contributed by atoms with van der Waals surface area (Å²) >= 11 is 0. The summed E-state index contributed by atoms with van der Waals surface area (Å²) in [6.07, 6.45) is 10.5. The summed E-state index contributed by atoms with van der Waals surface area (Å²) in [6, 6.07) is 8.83. The topological polar surface area (TPSA) is 27.7 Å². The zero-order valence-corrected chi connectivity index (χ0v) is 20.2. The Labute approximate surface area is 193 Å². The van der Waals surface area contributed by atoms with Crippen molar-refractivity contribution in [3.63, 3.8) is 0 Å². The highest BCUT2D eigenvalue weighted by Gasteiger charge is 2.63. The summed E-state index contributed by atoms with van der Waals surface area (Å²) in [5.74, 6) is 2.63. The van der Waals surface area contributed by atoms with Crippen molar-refractivity contribution in [1.29, 1.82) is 0 Å². The second-order valence-electron chi connectivity index (χ2n) is 10.6. The number of rotatable bonds is 5. The highest BCUT2D eigenvalue weighted by Crippen LogP contribution is 2.67. The van der Waals surface area contributed by atoms with Gasteiger partial charge in [-0.1, -0.05) is 42.9 Å². The number of benzene rings is 1. The number of allylic oxidation sites excluding steroid dienone is 5. The predicted molar refractivity (Wildman–Crippen MR) is 129 cm³/mol. The SMILES string of the molecule is C=C1C=C2CCC3C(=C2CC1)C(c1ccc(OC)cc1)CC1(C)C3CC[C@]1(COC)OC. The fourth-order valence-electron chi connectivity index (χ4n) is 7.83. The van der Waals surface area contributed by atoms with E-state index >= 15 is 0 Å². The lowest BCUT2D eigenvalue weighted by Crippen LogP contribution is -2.54. The molecule has 1 aromatic carbocycles. The molecule has 0 N–H and O–H groups in total. The van der Waals surface area contributed by atoms with Crippen LogP contribution < -0.4 is 4.74 Å². The largest absolute Gasteiger partial charge is 0.497 e. The highest BCUT2D eigenvalue weighted by molar-refractivity contribution is 5.51. The van der Waals surface area contributed by atoms with E-state index in [0.717, 1.165) is 31.4 Å². The molecule has 5 atom stereocenters. The molecular formula is C29H38O3. The Kier molecular flexibility index (Phi) is 5.62. The van der Waals surface area contributed by atoms with Crippen LogP contribution in [0.4, 0.5) is 0 Å². The number of hydrogen-bond donors (Lipinski definition) is 0. The second kappa shape index (κ2) is 8.18. The molecule has 4 unspecified atom stereocenters. The molecule has 2 saturated carbocycles. The third kappa shape index (κ3) is 3.15. The van der Waals surface area contributed by atoms with Gasteiger partial charge in [0.25, 0.3) is 0 Å². The molecule has 2 fully saturated rings. The number of hydrogen-bond acceptors (Lipinski definition) is 3. The van der Waals surface area contributed by atoms with Crippen LogP contribution >= 0.6 is 0 Å². The fraction of sp³-hybridized carbons (Fsp3) is 0.586. The van der Waals surface area contributed by atoms with Crippen LogP contribution in [0.2, 0.25) is 0 Å². The Morgan fingerprint density at radius 2 is 1.81 bits per heavy atom. The molecule has 4 aliphatic carbocycles. The van der Waals surface area contributed by atoms with Crippen LogP contribution in [-0.2, 0) is 9.47 Å². The van der Waals surface area contributed by atoms with Gasteiger partial charge in [-0.3, -0.25) is 0 Å². The van der Waals surface area contributed by atoms with Gasteiger partial charge in [-0.05, 0) is 85.6 Å². The van der Waals surface area contributed by atoms with Gasteiger partial charge in [0.1, 0.15) is 5.75 Å². The van der Waals surface area contributed by atoms with Gasteiger partial charge >= 0.3 is 0 Å².